The van der Waals surface area contributed by atoms with E-state index in [1.54, 1.807) is 0 Å². The normalized spacial score (nSPS) is 11.2. The number of nitrogens with zero attached hydrogens (tertiary/aromatic N) is 1. The number of hydrogen-bond donors (Lipinski definition) is 1. The third-order valence-corrected chi connectivity index (χ3v) is 2.74. The number of benzene rings is 1. The predicted octanol–water partition coefficient (Wildman–Crippen LogP) is 3.57. The third-order valence-electron chi connectivity index (χ3n) is 2.74. The van der Waals surface area contributed by atoms with E-state index in [4.69, 9.17) is 10.3 Å². The molecule has 0 unspecified atom stereocenters. The van der Waals surface area contributed by atoms with Gasteiger partial charge >= 0.3 is 0 Å². The summed E-state index contributed by atoms with van der Waals surface area (Å²) < 4.78 is 18.7. The van der Waals surface area contributed by atoms with Crippen LogP contribution in [0.2, 0.25) is 0 Å². The van der Waals surface area contributed by atoms with Crippen LogP contribution in [-0.2, 0) is 6.42 Å². The molecule has 3 nitrogen and oxygen atoms in total. The van der Waals surface area contributed by atoms with Gasteiger partial charge in [-0.3, -0.25) is 0 Å². The summed E-state index contributed by atoms with van der Waals surface area (Å²) in [5.41, 5.74) is 8.19. The van der Waals surface area contributed by atoms with Crippen LogP contribution >= 0.6 is 0 Å². The molecule has 0 saturated carbocycles. The molecule has 0 fully saturated rings. The summed E-state index contributed by atoms with van der Waals surface area (Å²) in [5.74, 6) is 1.11. The van der Waals surface area contributed by atoms with Crippen LogP contribution in [-0.4, -0.2) is 5.16 Å². The summed E-state index contributed by atoms with van der Waals surface area (Å²) in [6.07, 6.45) is 0.764. The van der Waals surface area contributed by atoms with Crippen molar-refractivity contribution in [3.05, 3.63) is 35.1 Å². The highest BCUT2D eigenvalue weighted by Crippen LogP contribution is 2.30. The fourth-order valence-corrected chi connectivity index (χ4v) is 2.02. The molecule has 2 rings (SSSR count). The van der Waals surface area contributed by atoms with Crippen molar-refractivity contribution in [2.24, 2.45) is 5.92 Å². The van der Waals surface area contributed by atoms with Crippen LogP contribution in [0.25, 0.3) is 11.3 Å². The Morgan fingerprint density at radius 3 is 2.67 bits per heavy atom. The van der Waals surface area contributed by atoms with E-state index < -0.39 is 0 Å². The van der Waals surface area contributed by atoms with E-state index in [0.29, 0.717) is 23.1 Å². The monoisotopic (exact) mass is 248 g/mol. The number of aromatic nitrogens is 1. The molecule has 4 heteroatoms. The van der Waals surface area contributed by atoms with Gasteiger partial charge in [-0.05, 0) is 43.0 Å². The molecule has 96 valence electrons. The number of aryl methyl sites for hydroxylation is 1. The first-order valence-corrected chi connectivity index (χ1v) is 5.99. The molecule has 0 atom stereocenters. The Morgan fingerprint density at radius 2 is 2.06 bits per heavy atom. The van der Waals surface area contributed by atoms with E-state index >= 15 is 0 Å². The zero-order valence-corrected chi connectivity index (χ0v) is 10.8. The molecule has 0 spiro atoms. The second-order valence-corrected chi connectivity index (χ2v) is 4.99. The number of anilines is 1. The van der Waals surface area contributed by atoms with Gasteiger partial charge in [-0.25, -0.2) is 4.39 Å². The van der Waals surface area contributed by atoms with Gasteiger partial charge in [-0.1, -0.05) is 19.0 Å². The lowest BCUT2D eigenvalue weighted by Gasteiger charge is -2.06. The summed E-state index contributed by atoms with van der Waals surface area (Å²) in [6, 6.07) is 4.79. The minimum Gasteiger partial charge on any atom is -0.381 e. The second kappa shape index (κ2) is 4.80. The molecule has 0 bridgehead atoms. The average molecular weight is 248 g/mol. The molecule has 2 aromatic rings. The predicted molar refractivity (Wildman–Crippen MR) is 69.6 cm³/mol. The fraction of sp³-hybridized carbons (Fsp3) is 0.357. The molecule has 2 N–H and O–H groups in total. The second-order valence-electron chi connectivity index (χ2n) is 4.99. The molecular weight excluding hydrogens is 231 g/mol. The largest absolute Gasteiger partial charge is 0.381 e. The van der Waals surface area contributed by atoms with E-state index in [9.17, 15) is 4.39 Å². The Balaban J connectivity index is 2.50. The molecule has 0 aliphatic heterocycles. The van der Waals surface area contributed by atoms with Crippen LogP contribution in [0.4, 0.5) is 10.2 Å². The zero-order valence-electron chi connectivity index (χ0n) is 10.8. The molecular formula is C14H17FN2O. The first-order valence-electron chi connectivity index (χ1n) is 5.99. The maximum absolute atomic E-state index is 13.4. The first kappa shape index (κ1) is 12.6. The average Bonchev–Trinajstić information content (AvgIpc) is 2.58. The number of nitrogen functional groups attached to an aromatic ring is 1. The SMILES string of the molecule is Cc1cc(F)cc(-c2onc(N)c2CC(C)C)c1. The van der Waals surface area contributed by atoms with Gasteiger partial charge in [0.15, 0.2) is 11.6 Å². The van der Waals surface area contributed by atoms with E-state index in [0.717, 1.165) is 17.5 Å². The van der Waals surface area contributed by atoms with Gasteiger partial charge in [0, 0.05) is 11.1 Å². The van der Waals surface area contributed by atoms with Crippen LogP contribution in [0.5, 0.6) is 0 Å². The van der Waals surface area contributed by atoms with Gasteiger partial charge in [-0.2, -0.15) is 0 Å². The highest BCUT2D eigenvalue weighted by molar-refractivity contribution is 5.66. The Hall–Kier alpha value is -1.84. The van der Waals surface area contributed by atoms with Crippen LogP contribution in [0.15, 0.2) is 22.7 Å². The van der Waals surface area contributed by atoms with Crippen LogP contribution in [0, 0.1) is 18.7 Å². The summed E-state index contributed by atoms with van der Waals surface area (Å²) in [4.78, 5) is 0. The van der Waals surface area contributed by atoms with Crippen molar-refractivity contribution in [2.75, 3.05) is 5.73 Å². The summed E-state index contributed by atoms with van der Waals surface area (Å²) in [6.45, 7) is 6.02. The van der Waals surface area contributed by atoms with Crippen LogP contribution in [0.3, 0.4) is 0 Å². The lowest BCUT2D eigenvalue weighted by Crippen LogP contribution is -1.99. The first-order chi connectivity index (χ1) is 8.47. The zero-order chi connectivity index (χ0) is 13.3. The Bertz CT molecular complexity index is 541. The van der Waals surface area contributed by atoms with Gasteiger partial charge in [-0.15, -0.1) is 0 Å². The third kappa shape index (κ3) is 2.53. The minimum absolute atomic E-state index is 0.282. The lowest BCUT2D eigenvalue weighted by molar-refractivity contribution is 0.434. The number of halogens is 1. The van der Waals surface area contributed by atoms with E-state index in [2.05, 4.69) is 19.0 Å². The molecule has 0 saturated heterocycles. The molecule has 1 heterocycles. The van der Waals surface area contributed by atoms with E-state index in [1.165, 1.54) is 12.1 Å². The van der Waals surface area contributed by atoms with Gasteiger partial charge in [0.2, 0.25) is 0 Å². The van der Waals surface area contributed by atoms with Crippen LogP contribution in [0.1, 0.15) is 25.0 Å². The fourth-order valence-electron chi connectivity index (χ4n) is 2.02. The van der Waals surface area contributed by atoms with Crippen molar-refractivity contribution < 1.29 is 8.91 Å². The maximum atomic E-state index is 13.4. The van der Waals surface area contributed by atoms with Gasteiger partial charge in [0.25, 0.3) is 0 Å². The molecule has 1 aromatic carbocycles. The lowest BCUT2D eigenvalue weighted by atomic mass is 9.99. The Kier molecular flexibility index (Phi) is 3.36. The van der Waals surface area contributed by atoms with Crippen molar-refractivity contribution in [1.29, 1.82) is 0 Å². The van der Waals surface area contributed by atoms with Gasteiger partial charge in [0.1, 0.15) is 5.82 Å². The Labute approximate surface area is 106 Å². The van der Waals surface area contributed by atoms with Crippen molar-refractivity contribution in [3.63, 3.8) is 0 Å². The highest BCUT2D eigenvalue weighted by atomic mass is 19.1. The van der Waals surface area contributed by atoms with Gasteiger partial charge in [0.05, 0.1) is 0 Å². The molecule has 1 aromatic heterocycles. The van der Waals surface area contributed by atoms with E-state index in [-0.39, 0.29) is 5.82 Å². The summed E-state index contributed by atoms with van der Waals surface area (Å²) in [5, 5.41) is 3.79. The van der Waals surface area contributed by atoms with E-state index in [1.807, 2.05) is 13.0 Å². The van der Waals surface area contributed by atoms with Crippen molar-refractivity contribution >= 4 is 5.82 Å². The topological polar surface area (TPSA) is 52.0 Å². The van der Waals surface area contributed by atoms with Crippen molar-refractivity contribution in [3.8, 4) is 11.3 Å². The maximum Gasteiger partial charge on any atom is 0.172 e. The van der Waals surface area contributed by atoms with Crippen molar-refractivity contribution in [1.82, 2.24) is 5.16 Å². The number of nitrogens with two attached hydrogens (primary N) is 1. The molecule has 0 aliphatic carbocycles. The highest BCUT2D eigenvalue weighted by Gasteiger charge is 2.17. The molecule has 0 radical (unpaired) electrons. The minimum atomic E-state index is -0.282. The summed E-state index contributed by atoms with van der Waals surface area (Å²) >= 11 is 0. The standard InChI is InChI=1S/C14H17FN2O/c1-8(2)4-12-13(18-17-14(12)16)10-5-9(3)6-11(15)7-10/h5-8H,4H2,1-3H3,(H2,16,17). The van der Waals surface area contributed by atoms with Crippen LogP contribution < -0.4 is 5.73 Å². The molecule has 18 heavy (non-hydrogen) atoms. The molecule has 0 amide bonds. The number of rotatable bonds is 3. The smallest absolute Gasteiger partial charge is 0.172 e. The number of hydrogen-bond acceptors (Lipinski definition) is 3. The molecule has 0 aliphatic rings. The summed E-state index contributed by atoms with van der Waals surface area (Å²) in [7, 11) is 0. The Morgan fingerprint density at radius 1 is 1.33 bits per heavy atom. The quantitative estimate of drug-likeness (QED) is 0.903. The van der Waals surface area contributed by atoms with Gasteiger partial charge < -0.3 is 10.3 Å². The van der Waals surface area contributed by atoms with Crippen molar-refractivity contribution in [2.45, 2.75) is 27.2 Å².